The highest BCUT2D eigenvalue weighted by Gasteiger charge is 2.20. The number of allylic oxidation sites excluding steroid dienone is 1. The highest BCUT2D eigenvalue weighted by Crippen LogP contribution is 2.23. The van der Waals surface area contributed by atoms with E-state index < -0.39 is 0 Å². The van der Waals surface area contributed by atoms with Crippen molar-refractivity contribution < 1.29 is 0 Å². The van der Waals surface area contributed by atoms with Gasteiger partial charge in [0.15, 0.2) is 0 Å². The molecule has 1 atom stereocenters. The van der Waals surface area contributed by atoms with E-state index in [9.17, 15) is 0 Å². The van der Waals surface area contributed by atoms with Crippen molar-refractivity contribution in [2.24, 2.45) is 15.7 Å². The summed E-state index contributed by atoms with van der Waals surface area (Å²) in [5.41, 5.74) is 7.66. The van der Waals surface area contributed by atoms with Gasteiger partial charge < -0.3 is 21.3 Å². The first-order valence-electron chi connectivity index (χ1n) is 15.3. The van der Waals surface area contributed by atoms with E-state index in [0.717, 1.165) is 47.0 Å². The molecule has 224 valence electrons. The van der Waals surface area contributed by atoms with Crippen LogP contribution in [-0.2, 0) is 6.42 Å². The number of aliphatic imine (C=N–C) groups is 2. The Balaban J connectivity index is 0.000000924. The fourth-order valence-electron chi connectivity index (χ4n) is 4.92. The molecule has 4 N–H and O–H groups in total. The van der Waals surface area contributed by atoms with Crippen LogP contribution in [0.15, 0.2) is 44.9 Å². The third kappa shape index (κ3) is 15.6. The molecule has 1 aliphatic heterocycles. The summed E-state index contributed by atoms with van der Waals surface area (Å²) in [5, 5.41) is 6.57. The van der Waals surface area contributed by atoms with E-state index in [-0.39, 0.29) is 0 Å². The van der Waals surface area contributed by atoms with Gasteiger partial charge in [0.2, 0.25) is 5.96 Å². The molecule has 6 nitrogen and oxygen atoms in total. The number of likely N-dealkylation sites (tertiary alicyclic amines) is 1. The Morgan fingerprint density at radius 2 is 1.67 bits per heavy atom. The third-order valence-corrected chi connectivity index (χ3v) is 7.60. The number of halogens is 1. The van der Waals surface area contributed by atoms with Crippen LogP contribution in [0.3, 0.4) is 0 Å². The Bertz CT molecular complexity index is 833. The average molecular weight is 608 g/mol. The second-order valence-electron chi connectivity index (χ2n) is 9.82. The molecule has 0 amide bonds. The summed E-state index contributed by atoms with van der Waals surface area (Å²) < 4.78 is 1.12. The number of amidine groups is 1. The summed E-state index contributed by atoms with van der Waals surface area (Å²) in [5.74, 6) is 1.46. The van der Waals surface area contributed by atoms with E-state index in [4.69, 9.17) is 4.99 Å². The number of nitrogens with two attached hydrogens (primary N) is 1. The van der Waals surface area contributed by atoms with E-state index in [2.05, 4.69) is 87.7 Å². The number of anilines is 1. The molecule has 7 heteroatoms. The lowest BCUT2D eigenvalue weighted by molar-refractivity contribution is 0.262. The minimum Gasteiger partial charge on any atom is -0.344 e. The van der Waals surface area contributed by atoms with Crippen molar-refractivity contribution in [2.75, 3.05) is 25.5 Å². The zero-order valence-electron chi connectivity index (χ0n) is 26.4. The second kappa shape index (κ2) is 23.0. The normalized spacial score (nSPS) is 18.4. The monoisotopic (exact) mass is 606 g/mol. The molecule has 1 unspecified atom stereocenters. The predicted octanol–water partition coefficient (Wildman–Crippen LogP) is 8.53. The number of hydrogen-bond donors (Lipinski definition) is 3. The van der Waals surface area contributed by atoms with Crippen LogP contribution in [-0.4, -0.2) is 48.9 Å². The Morgan fingerprint density at radius 1 is 1.03 bits per heavy atom. The molecule has 3 rings (SSSR count). The smallest absolute Gasteiger partial charge is 0.224 e. The maximum absolute atomic E-state index is 4.87. The summed E-state index contributed by atoms with van der Waals surface area (Å²) in [7, 11) is 1.50. The molecule has 1 aliphatic carbocycles. The first-order chi connectivity index (χ1) is 18.9. The van der Waals surface area contributed by atoms with Crippen molar-refractivity contribution in [2.45, 2.75) is 125 Å². The lowest BCUT2D eigenvalue weighted by Crippen LogP contribution is -2.28. The molecule has 39 heavy (non-hydrogen) atoms. The Labute approximate surface area is 249 Å². The van der Waals surface area contributed by atoms with Crippen LogP contribution >= 0.6 is 15.9 Å². The SMILES string of the molecule is C=C(C)NC(=NC1CCCCCC1)/N=C(\C)Nc1ccc(CC)c(Br)c1.CC.CCC1CCCN1CC.CN. The van der Waals surface area contributed by atoms with Crippen LogP contribution in [0.1, 0.15) is 112 Å². The van der Waals surface area contributed by atoms with Crippen LogP contribution in [0.2, 0.25) is 0 Å². The number of benzene rings is 1. The molecule has 1 saturated carbocycles. The van der Waals surface area contributed by atoms with Crippen molar-refractivity contribution >= 4 is 33.4 Å². The zero-order valence-corrected chi connectivity index (χ0v) is 28.0. The Hall–Kier alpha value is -1.70. The minimum absolute atomic E-state index is 0.355. The maximum Gasteiger partial charge on any atom is 0.224 e. The van der Waals surface area contributed by atoms with Crippen molar-refractivity contribution in [3.8, 4) is 0 Å². The predicted molar refractivity (Wildman–Crippen MR) is 179 cm³/mol. The molecule has 1 aromatic rings. The Kier molecular flexibility index (Phi) is 22.0. The van der Waals surface area contributed by atoms with Gasteiger partial charge >= 0.3 is 0 Å². The van der Waals surface area contributed by atoms with Crippen molar-refractivity contribution in [1.82, 2.24) is 10.2 Å². The summed E-state index contributed by atoms with van der Waals surface area (Å²) >= 11 is 3.63. The molecule has 0 aromatic heterocycles. The fourth-order valence-corrected chi connectivity index (χ4v) is 5.58. The molecule has 2 aliphatic rings. The zero-order chi connectivity index (χ0) is 29.6. The summed E-state index contributed by atoms with van der Waals surface area (Å²) in [6.07, 6.45) is 12.7. The van der Waals surface area contributed by atoms with Gasteiger partial charge in [-0.3, -0.25) is 0 Å². The summed E-state index contributed by atoms with van der Waals surface area (Å²) in [6.45, 7) is 21.1. The van der Waals surface area contributed by atoms with E-state index in [0.29, 0.717) is 12.0 Å². The number of aryl methyl sites for hydroxylation is 1. The van der Waals surface area contributed by atoms with Crippen LogP contribution in [0.25, 0.3) is 0 Å². The topological polar surface area (TPSA) is 78.0 Å². The molecule has 1 heterocycles. The third-order valence-electron chi connectivity index (χ3n) is 6.86. The minimum atomic E-state index is 0.355. The van der Waals surface area contributed by atoms with Gasteiger partial charge in [-0.1, -0.05) is 88.9 Å². The molecule has 1 saturated heterocycles. The van der Waals surface area contributed by atoms with Gasteiger partial charge in [0.25, 0.3) is 0 Å². The van der Waals surface area contributed by atoms with Crippen LogP contribution in [0, 0.1) is 0 Å². The first-order valence-corrected chi connectivity index (χ1v) is 16.1. The van der Waals surface area contributed by atoms with E-state index in [1.807, 2.05) is 27.7 Å². The number of guanidine groups is 1. The molecule has 0 spiro atoms. The standard InChI is InChI=1S/C21H31BrN4.C8H17N.C2H6.CH5N/c1-5-17-12-13-19(14-20(17)22)24-16(4)25-21(23-15(2)3)26-18-10-8-6-7-9-11-18;1-3-8-6-5-7-9(8)4-2;2*1-2/h12-14,18H,2,5-11H2,1,3-4H3,(H2,23,24,25,26);8H,3-7H2,1-2H3;1-2H3;2H2,1H3. The molecule has 2 fully saturated rings. The van der Waals surface area contributed by atoms with E-state index in [1.165, 1.54) is 70.6 Å². The van der Waals surface area contributed by atoms with Crippen molar-refractivity contribution in [3.05, 3.63) is 40.5 Å². The van der Waals surface area contributed by atoms with Gasteiger partial charge in [-0.05, 0) is 90.2 Å². The largest absolute Gasteiger partial charge is 0.344 e. The van der Waals surface area contributed by atoms with E-state index >= 15 is 0 Å². The van der Waals surface area contributed by atoms with Crippen LogP contribution < -0.4 is 16.4 Å². The first kappa shape index (κ1) is 37.3. The van der Waals surface area contributed by atoms with Gasteiger partial charge in [0.1, 0.15) is 5.84 Å². The highest BCUT2D eigenvalue weighted by atomic mass is 79.9. The molecular weight excluding hydrogens is 548 g/mol. The van der Waals surface area contributed by atoms with Gasteiger partial charge in [0, 0.05) is 21.9 Å². The van der Waals surface area contributed by atoms with Crippen LogP contribution in [0.4, 0.5) is 5.69 Å². The van der Waals surface area contributed by atoms with Gasteiger partial charge in [0.05, 0.1) is 6.04 Å². The average Bonchev–Trinajstić information content (AvgIpc) is 3.26. The summed E-state index contributed by atoms with van der Waals surface area (Å²) in [4.78, 5) is 12.1. The van der Waals surface area contributed by atoms with Gasteiger partial charge in [-0.25, -0.2) is 9.98 Å². The lowest BCUT2D eigenvalue weighted by atomic mass is 10.1. The second-order valence-corrected chi connectivity index (χ2v) is 10.7. The van der Waals surface area contributed by atoms with Crippen LogP contribution in [0.5, 0.6) is 0 Å². The maximum atomic E-state index is 4.87. The number of nitrogens with one attached hydrogen (secondary N) is 2. The number of hydrogen-bond acceptors (Lipinski definition) is 3. The molecule has 1 aromatic carbocycles. The fraction of sp³-hybridized carbons (Fsp3) is 0.688. The Morgan fingerprint density at radius 3 is 2.15 bits per heavy atom. The van der Waals surface area contributed by atoms with Crippen molar-refractivity contribution in [1.29, 1.82) is 0 Å². The number of rotatable bonds is 6. The quantitative estimate of drug-likeness (QED) is 0.172. The lowest BCUT2D eigenvalue weighted by Gasteiger charge is -2.20. The number of nitrogens with zero attached hydrogens (tertiary/aromatic N) is 3. The van der Waals surface area contributed by atoms with Gasteiger partial charge in [-0.2, -0.15) is 0 Å². The molecule has 0 bridgehead atoms. The van der Waals surface area contributed by atoms with E-state index in [1.54, 1.807) is 0 Å². The molecular formula is C32H59BrN6. The van der Waals surface area contributed by atoms with Crippen molar-refractivity contribution in [3.63, 3.8) is 0 Å². The molecule has 0 radical (unpaired) electrons. The van der Waals surface area contributed by atoms with Gasteiger partial charge in [-0.15, -0.1) is 0 Å². The summed E-state index contributed by atoms with van der Waals surface area (Å²) in [6, 6.07) is 7.57. The highest BCUT2D eigenvalue weighted by molar-refractivity contribution is 9.10.